The zero-order chi connectivity index (χ0) is 18.5. The lowest BCUT2D eigenvalue weighted by atomic mass is 10.3. The molecule has 134 valence electrons. The number of imide groups is 1. The maximum absolute atomic E-state index is 12.3. The molecule has 1 aliphatic rings. The van der Waals surface area contributed by atoms with Crippen LogP contribution in [0.1, 0.15) is 11.3 Å². The highest BCUT2D eigenvalue weighted by Crippen LogP contribution is 2.33. The molecule has 1 fully saturated rings. The normalized spacial score (nSPS) is 15.6. The van der Waals surface area contributed by atoms with Crippen LogP contribution in [0, 0.1) is 0 Å². The second kappa shape index (κ2) is 8.15. The fraction of sp³-hybridized carbons (Fsp3) is 0.176. The van der Waals surface area contributed by atoms with E-state index < -0.39 is 0 Å². The zero-order valence-corrected chi connectivity index (χ0v) is 15.4. The minimum Gasteiger partial charge on any atom is -0.481 e. The van der Waals surface area contributed by atoms with Gasteiger partial charge in [0.25, 0.3) is 11.1 Å². The minimum atomic E-state index is -0.368. The van der Waals surface area contributed by atoms with Crippen LogP contribution >= 0.6 is 23.1 Å². The molecular weight excluding hydrogens is 374 g/mol. The zero-order valence-electron chi connectivity index (χ0n) is 13.8. The second-order valence-electron chi connectivity index (χ2n) is 5.24. The van der Waals surface area contributed by atoms with Crippen LogP contribution in [-0.2, 0) is 9.59 Å². The Kier molecular flexibility index (Phi) is 5.69. The summed E-state index contributed by atoms with van der Waals surface area (Å²) in [5.41, 5.74) is 0.516. The molecule has 1 aliphatic heterocycles. The van der Waals surface area contributed by atoms with E-state index >= 15 is 0 Å². The number of methoxy groups -OCH3 is 1. The molecule has 9 heteroatoms. The van der Waals surface area contributed by atoms with E-state index in [1.165, 1.54) is 24.6 Å². The Morgan fingerprint density at radius 2 is 2.19 bits per heavy atom. The summed E-state index contributed by atoms with van der Waals surface area (Å²) in [6.45, 7) is 0.0296. The number of nitrogens with zero attached hydrogens (tertiary/aromatic N) is 2. The predicted octanol–water partition coefficient (Wildman–Crippen LogP) is 3.22. The predicted molar refractivity (Wildman–Crippen MR) is 101 cm³/mol. The number of amides is 3. The van der Waals surface area contributed by atoms with Gasteiger partial charge in [0.15, 0.2) is 0 Å². The van der Waals surface area contributed by atoms with E-state index in [-0.39, 0.29) is 30.0 Å². The van der Waals surface area contributed by atoms with Crippen molar-refractivity contribution in [3.63, 3.8) is 0 Å². The number of ether oxygens (including phenoxy) is 1. The van der Waals surface area contributed by atoms with Crippen LogP contribution in [0.15, 0.2) is 40.7 Å². The maximum Gasteiger partial charge on any atom is 0.293 e. The fourth-order valence-corrected chi connectivity index (χ4v) is 3.80. The van der Waals surface area contributed by atoms with Crippen LogP contribution in [0.25, 0.3) is 6.08 Å². The van der Waals surface area contributed by atoms with Crippen molar-refractivity contribution in [1.29, 1.82) is 0 Å². The van der Waals surface area contributed by atoms with Crippen molar-refractivity contribution in [3.8, 4) is 5.88 Å². The molecule has 0 radical (unpaired) electrons. The molecule has 1 saturated heterocycles. The number of anilines is 1. The molecule has 0 unspecified atom stereocenters. The summed E-state index contributed by atoms with van der Waals surface area (Å²) in [4.78, 5) is 42.8. The summed E-state index contributed by atoms with van der Waals surface area (Å²) in [7, 11) is 1.50. The highest BCUT2D eigenvalue weighted by atomic mass is 32.2. The van der Waals surface area contributed by atoms with Crippen molar-refractivity contribution in [1.82, 2.24) is 9.88 Å². The Morgan fingerprint density at radius 3 is 2.85 bits per heavy atom. The van der Waals surface area contributed by atoms with E-state index in [4.69, 9.17) is 4.74 Å². The van der Waals surface area contributed by atoms with E-state index in [2.05, 4.69) is 10.3 Å². The molecule has 2 aromatic heterocycles. The summed E-state index contributed by atoms with van der Waals surface area (Å²) in [5.74, 6) is -0.232. The molecular formula is C17H15N3O4S2. The average molecular weight is 389 g/mol. The number of thioether (sulfide) groups is 1. The molecule has 7 nitrogen and oxygen atoms in total. The Balaban J connectivity index is 1.56. The van der Waals surface area contributed by atoms with Gasteiger partial charge in [-0.15, -0.1) is 11.3 Å². The Hall–Kier alpha value is -2.65. The Bertz CT molecular complexity index is 847. The molecule has 0 saturated carbocycles. The number of aromatic nitrogens is 1. The van der Waals surface area contributed by atoms with Gasteiger partial charge in [-0.3, -0.25) is 19.3 Å². The average Bonchev–Trinajstić information content (AvgIpc) is 3.23. The van der Waals surface area contributed by atoms with E-state index in [1.54, 1.807) is 18.2 Å². The van der Waals surface area contributed by atoms with Crippen LogP contribution in [0.4, 0.5) is 10.5 Å². The summed E-state index contributed by atoms with van der Waals surface area (Å²) in [6.07, 6.45) is 3.18. The van der Waals surface area contributed by atoms with Crippen molar-refractivity contribution in [2.75, 3.05) is 19.0 Å². The molecule has 3 rings (SSSR count). The number of hydrogen-bond donors (Lipinski definition) is 1. The summed E-state index contributed by atoms with van der Waals surface area (Å²) < 4.78 is 4.95. The number of rotatable bonds is 6. The maximum atomic E-state index is 12.3. The summed E-state index contributed by atoms with van der Waals surface area (Å²) >= 11 is 2.37. The summed E-state index contributed by atoms with van der Waals surface area (Å²) in [6, 6.07) is 7.03. The van der Waals surface area contributed by atoms with Gasteiger partial charge in [-0.1, -0.05) is 6.07 Å². The number of nitrogens with one attached hydrogen (secondary N) is 1. The van der Waals surface area contributed by atoms with E-state index in [0.29, 0.717) is 16.5 Å². The van der Waals surface area contributed by atoms with Gasteiger partial charge in [-0.2, -0.15) is 0 Å². The van der Waals surface area contributed by atoms with Crippen molar-refractivity contribution in [3.05, 3.63) is 45.6 Å². The SMILES string of the molecule is COc1ccc(NC(=O)CCN2C(=O)SC(=Cc3cccs3)C2=O)cn1. The first kappa shape index (κ1) is 18.2. The molecule has 2 aromatic rings. The molecule has 0 aromatic carbocycles. The molecule has 0 aliphatic carbocycles. The van der Waals surface area contributed by atoms with Crippen molar-refractivity contribution in [2.24, 2.45) is 0 Å². The number of carbonyl (C=O) groups excluding carboxylic acids is 3. The van der Waals surface area contributed by atoms with Crippen LogP contribution in [0.5, 0.6) is 5.88 Å². The number of hydrogen-bond acceptors (Lipinski definition) is 7. The number of pyridine rings is 1. The largest absolute Gasteiger partial charge is 0.481 e. The van der Waals surface area contributed by atoms with Gasteiger partial charge in [0.1, 0.15) is 0 Å². The van der Waals surface area contributed by atoms with Gasteiger partial charge >= 0.3 is 0 Å². The van der Waals surface area contributed by atoms with Crippen LogP contribution < -0.4 is 10.1 Å². The van der Waals surface area contributed by atoms with Gasteiger partial charge in [0, 0.05) is 23.9 Å². The van der Waals surface area contributed by atoms with Gasteiger partial charge in [-0.05, 0) is 35.4 Å². The monoisotopic (exact) mass is 389 g/mol. The minimum absolute atomic E-state index is 0.0103. The van der Waals surface area contributed by atoms with Gasteiger partial charge in [0.2, 0.25) is 11.8 Å². The Morgan fingerprint density at radius 1 is 1.35 bits per heavy atom. The standard InChI is InChI=1S/C17H15N3O4S2/c1-24-15-5-4-11(10-18-15)19-14(21)6-7-20-16(22)13(26-17(20)23)9-12-3-2-8-25-12/h2-5,8-10H,6-7H2,1H3,(H,19,21). The third-order valence-electron chi connectivity index (χ3n) is 3.48. The molecule has 1 N–H and O–H groups in total. The van der Waals surface area contributed by atoms with Crippen molar-refractivity contribution < 1.29 is 19.1 Å². The fourth-order valence-electron chi connectivity index (χ4n) is 2.21. The van der Waals surface area contributed by atoms with Crippen LogP contribution in [0.3, 0.4) is 0 Å². The highest BCUT2D eigenvalue weighted by Gasteiger charge is 2.35. The highest BCUT2D eigenvalue weighted by molar-refractivity contribution is 8.18. The first-order valence-corrected chi connectivity index (χ1v) is 9.35. The smallest absolute Gasteiger partial charge is 0.293 e. The molecule has 26 heavy (non-hydrogen) atoms. The van der Waals surface area contributed by atoms with Crippen LogP contribution in [0.2, 0.25) is 0 Å². The summed E-state index contributed by atoms with van der Waals surface area (Å²) in [5, 5.41) is 4.20. The van der Waals surface area contributed by atoms with Crippen molar-refractivity contribution in [2.45, 2.75) is 6.42 Å². The third kappa shape index (κ3) is 4.30. The van der Waals surface area contributed by atoms with Gasteiger partial charge in [0.05, 0.1) is 23.9 Å². The van der Waals surface area contributed by atoms with Crippen LogP contribution in [-0.4, -0.2) is 40.6 Å². The lowest BCUT2D eigenvalue weighted by Gasteiger charge is -2.12. The molecule has 0 spiro atoms. The van der Waals surface area contributed by atoms with E-state index in [0.717, 1.165) is 21.5 Å². The molecule has 3 heterocycles. The third-order valence-corrected chi connectivity index (χ3v) is 5.21. The number of carbonyl (C=O) groups is 3. The van der Waals surface area contributed by atoms with Crippen molar-refractivity contribution >= 4 is 51.9 Å². The molecule has 0 bridgehead atoms. The lowest BCUT2D eigenvalue weighted by Crippen LogP contribution is -2.31. The van der Waals surface area contributed by atoms with Gasteiger partial charge in [-0.25, -0.2) is 4.98 Å². The molecule has 3 amide bonds. The quantitative estimate of drug-likeness (QED) is 0.763. The first-order chi connectivity index (χ1) is 12.6. The van der Waals surface area contributed by atoms with E-state index in [1.807, 2.05) is 17.5 Å². The topological polar surface area (TPSA) is 88.6 Å². The van der Waals surface area contributed by atoms with Gasteiger partial charge < -0.3 is 10.1 Å². The first-order valence-electron chi connectivity index (χ1n) is 7.65. The number of thiophene rings is 1. The second-order valence-corrected chi connectivity index (χ2v) is 7.21. The lowest BCUT2D eigenvalue weighted by molar-refractivity contribution is -0.123. The van der Waals surface area contributed by atoms with E-state index in [9.17, 15) is 14.4 Å². The Labute approximate surface area is 158 Å². The molecule has 0 atom stereocenters.